The zero-order chi connectivity index (χ0) is 13.5. The van der Waals surface area contributed by atoms with Gasteiger partial charge >= 0.3 is 0 Å². The first-order valence-electron chi connectivity index (χ1n) is 5.39. The molecule has 7 heteroatoms. The first kappa shape index (κ1) is 13.2. The molecule has 0 saturated carbocycles. The first-order valence-corrected chi connectivity index (χ1v) is 7.83. The maximum atomic E-state index is 11.4. The lowest BCUT2D eigenvalue weighted by molar-refractivity contribution is 0.571. The third kappa shape index (κ3) is 2.44. The lowest BCUT2D eigenvalue weighted by atomic mass is 10.3. The molecule has 1 atom stereocenters. The predicted molar refractivity (Wildman–Crippen MR) is 73.6 cm³/mol. The zero-order valence-corrected chi connectivity index (χ0v) is 11.7. The van der Waals surface area contributed by atoms with E-state index in [9.17, 15) is 8.42 Å². The van der Waals surface area contributed by atoms with E-state index in [4.69, 9.17) is 17.3 Å². The van der Waals surface area contributed by atoms with Gasteiger partial charge in [-0.15, -0.1) is 0 Å². The number of nitrogens with two attached hydrogens (primary N) is 1. The Morgan fingerprint density at radius 1 is 1.50 bits per heavy atom. The topological polar surface area (TPSA) is 78.0 Å². The second-order valence-electron chi connectivity index (χ2n) is 4.39. The van der Waals surface area contributed by atoms with Gasteiger partial charge in [-0.05, 0) is 19.1 Å². The van der Waals surface area contributed by atoms with Crippen LogP contribution in [0.5, 0.6) is 0 Å². The summed E-state index contributed by atoms with van der Waals surface area (Å²) in [5, 5.41) is 0.504. The Morgan fingerprint density at radius 2 is 2.17 bits per heavy atom. The Labute approximate surface area is 110 Å². The van der Waals surface area contributed by atoms with Gasteiger partial charge in [-0.1, -0.05) is 17.7 Å². The second kappa shape index (κ2) is 4.44. The average molecular weight is 288 g/mol. The van der Waals surface area contributed by atoms with E-state index in [0.29, 0.717) is 10.5 Å². The van der Waals surface area contributed by atoms with Gasteiger partial charge in [0.05, 0.1) is 16.3 Å². The number of anilines is 1. The van der Waals surface area contributed by atoms with Gasteiger partial charge in [-0.3, -0.25) is 0 Å². The van der Waals surface area contributed by atoms with Crippen LogP contribution in [0.1, 0.15) is 13.0 Å². The Kier molecular flexibility index (Phi) is 3.25. The number of aromatic nitrogens is 2. The van der Waals surface area contributed by atoms with Crippen molar-refractivity contribution in [2.45, 2.75) is 13.0 Å². The number of hydrogen-bond acceptors (Lipinski definition) is 4. The standard InChI is InChI=1S/C11H14ClN3O2S/c1-7(6-18(2,16)17)15-9-5-3-4-8(12)10(9)14-11(15)13/h3-5,7H,6H2,1-2H3,(H2,13,14). The number of imidazole rings is 1. The molecule has 1 unspecified atom stereocenters. The van der Waals surface area contributed by atoms with E-state index in [2.05, 4.69) is 4.98 Å². The number of benzene rings is 1. The SMILES string of the molecule is CC(CS(C)(=O)=O)n1c(N)nc2c(Cl)cccc21. The van der Waals surface area contributed by atoms with E-state index in [1.54, 1.807) is 23.6 Å². The molecule has 1 aromatic carbocycles. The van der Waals surface area contributed by atoms with Gasteiger partial charge in [0.25, 0.3) is 0 Å². The van der Waals surface area contributed by atoms with Crippen LogP contribution in [0.15, 0.2) is 18.2 Å². The molecule has 0 fully saturated rings. The van der Waals surface area contributed by atoms with Crippen molar-refractivity contribution in [3.8, 4) is 0 Å². The van der Waals surface area contributed by atoms with Crippen molar-refractivity contribution >= 4 is 38.4 Å². The van der Waals surface area contributed by atoms with Gasteiger partial charge in [0, 0.05) is 12.3 Å². The number of para-hydroxylation sites is 1. The predicted octanol–water partition coefficient (Wildman–Crippen LogP) is 1.88. The van der Waals surface area contributed by atoms with Gasteiger partial charge in [0.15, 0.2) is 0 Å². The summed E-state index contributed by atoms with van der Waals surface area (Å²) in [5.41, 5.74) is 7.18. The molecular weight excluding hydrogens is 274 g/mol. The monoisotopic (exact) mass is 287 g/mol. The summed E-state index contributed by atoms with van der Waals surface area (Å²) in [5.74, 6) is 0.282. The molecule has 1 aromatic heterocycles. The molecule has 0 aliphatic heterocycles. The van der Waals surface area contributed by atoms with Crippen LogP contribution in [0, 0.1) is 0 Å². The number of nitrogen functional groups attached to an aromatic ring is 1. The third-order valence-corrected chi connectivity index (χ3v) is 4.08. The van der Waals surface area contributed by atoms with Gasteiger partial charge in [0.2, 0.25) is 5.95 Å². The summed E-state index contributed by atoms with van der Waals surface area (Å²) in [4.78, 5) is 4.18. The van der Waals surface area contributed by atoms with Crippen molar-refractivity contribution in [3.63, 3.8) is 0 Å². The summed E-state index contributed by atoms with van der Waals surface area (Å²) >= 11 is 6.03. The minimum absolute atomic E-state index is 0.00910. The van der Waals surface area contributed by atoms with E-state index in [1.165, 1.54) is 6.26 Å². The lowest BCUT2D eigenvalue weighted by Crippen LogP contribution is -2.18. The minimum atomic E-state index is -3.08. The van der Waals surface area contributed by atoms with Crippen LogP contribution in [0.4, 0.5) is 5.95 Å². The van der Waals surface area contributed by atoms with Crippen LogP contribution < -0.4 is 5.73 Å². The summed E-state index contributed by atoms with van der Waals surface area (Å²) in [6.45, 7) is 1.79. The number of halogens is 1. The molecule has 1 heterocycles. The van der Waals surface area contributed by atoms with Gasteiger partial charge in [-0.2, -0.15) is 0 Å². The zero-order valence-electron chi connectivity index (χ0n) is 10.1. The molecule has 0 radical (unpaired) electrons. The number of rotatable bonds is 3. The highest BCUT2D eigenvalue weighted by Crippen LogP contribution is 2.28. The van der Waals surface area contributed by atoms with Crippen LogP contribution >= 0.6 is 11.6 Å². The molecule has 0 aliphatic carbocycles. The smallest absolute Gasteiger partial charge is 0.201 e. The van der Waals surface area contributed by atoms with E-state index < -0.39 is 9.84 Å². The Bertz CT molecular complexity index is 694. The van der Waals surface area contributed by atoms with Gasteiger partial charge in [-0.25, -0.2) is 13.4 Å². The molecule has 0 aliphatic rings. The van der Waals surface area contributed by atoms with E-state index in [-0.39, 0.29) is 17.7 Å². The van der Waals surface area contributed by atoms with Crippen molar-refractivity contribution in [2.24, 2.45) is 0 Å². The Balaban J connectivity index is 2.57. The van der Waals surface area contributed by atoms with Gasteiger partial charge in [0.1, 0.15) is 15.4 Å². The van der Waals surface area contributed by atoms with Crippen molar-refractivity contribution in [1.29, 1.82) is 0 Å². The number of hydrogen-bond donors (Lipinski definition) is 1. The summed E-state index contributed by atoms with van der Waals surface area (Å²) in [6.07, 6.45) is 1.20. The number of nitrogens with zero attached hydrogens (tertiary/aromatic N) is 2. The highest BCUT2D eigenvalue weighted by atomic mass is 35.5. The fourth-order valence-corrected chi connectivity index (χ4v) is 3.31. The van der Waals surface area contributed by atoms with Crippen LogP contribution in [0.2, 0.25) is 5.02 Å². The molecule has 0 spiro atoms. The number of fused-ring (bicyclic) bond motifs is 1. The largest absolute Gasteiger partial charge is 0.369 e. The van der Waals surface area contributed by atoms with Crippen LogP contribution in [0.3, 0.4) is 0 Å². The van der Waals surface area contributed by atoms with Crippen LogP contribution in [-0.4, -0.2) is 30.0 Å². The maximum absolute atomic E-state index is 11.4. The summed E-state index contributed by atoms with van der Waals surface area (Å²) in [7, 11) is -3.08. The highest BCUT2D eigenvalue weighted by Gasteiger charge is 2.18. The molecule has 98 valence electrons. The quantitative estimate of drug-likeness (QED) is 0.935. The molecule has 5 nitrogen and oxygen atoms in total. The molecule has 0 saturated heterocycles. The van der Waals surface area contributed by atoms with Crippen LogP contribution in [0.25, 0.3) is 11.0 Å². The average Bonchev–Trinajstić information content (AvgIpc) is 2.53. The molecule has 0 amide bonds. The molecular formula is C11H14ClN3O2S. The Morgan fingerprint density at radius 3 is 2.78 bits per heavy atom. The maximum Gasteiger partial charge on any atom is 0.201 e. The van der Waals surface area contributed by atoms with E-state index in [0.717, 1.165) is 5.52 Å². The fraction of sp³-hybridized carbons (Fsp3) is 0.364. The minimum Gasteiger partial charge on any atom is -0.369 e. The molecule has 0 bridgehead atoms. The third-order valence-electron chi connectivity index (χ3n) is 2.68. The van der Waals surface area contributed by atoms with Crippen molar-refractivity contribution in [1.82, 2.24) is 9.55 Å². The molecule has 2 N–H and O–H groups in total. The fourth-order valence-electron chi connectivity index (χ4n) is 2.08. The molecule has 18 heavy (non-hydrogen) atoms. The summed E-state index contributed by atoms with van der Waals surface area (Å²) < 4.78 is 24.4. The Hall–Kier alpha value is -1.27. The second-order valence-corrected chi connectivity index (χ2v) is 6.98. The van der Waals surface area contributed by atoms with Crippen molar-refractivity contribution < 1.29 is 8.42 Å². The van der Waals surface area contributed by atoms with E-state index >= 15 is 0 Å². The molecule has 2 rings (SSSR count). The highest BCUT2D eigenvalue weighted by molar-refractivity contribution is 7.90. The van der Waals surface area contributed by atoms with Crippen molar-refractivity contribution in [2.75, 3.05) is 17.7 Å². The normalized spacial score (nSPS) is 13.9. The van der Waals surface area contributed by atoms with Crippen molar-refractivity contribution in [3.05, 3.63) is 23.2 Å². The summed E-state index contributed by atoms with van der Waals surface area (Å²) in [6, 6.07) is 5.05. The lowest BCUT2D eigenvalue weighted by Gasteiger charge is -2.14. The van der Waals surface area contributed by atoms with Gasteiger partial charge < -0.3 is 10.3 Å². The van der Waals surface area contributed by atoms with Crippen LogP contribution in [-0.2, 0) is 9.84 Å². The van der Waals surface area contributed by atoms with E-state index in [1.807, 2.05) is 6.07 Å². The molecule has 2 aromatic rings. The first-order chi connectivity index (χ1) is 8.29. The number of sulfone groups is 1.